The molecule has 17 heavy (non-hydrogen) atoms. The van der Waals surface area contributed by atoms with Crippen LogP contribution in [0.1, 0.15) is 31.9 Å². The van der Waals surface area contributed by atoms with Crippen LogP contribution in [0.3, 0.4) is 0 Å². The maximum Gasteiger partial charge on any atom is 0.118 e. The van der Waals surface area contributed by atoms with Gasteiger partial charge in [0, 0.05) is 6.04 Å². The number of benzene rings is 1. The van der Waals surface area contributed by atoms with Crippen molar-refractivity contribution in [2.45, 2.75) is 26.3 Å². The van der Waals surface area contributed by atoms with Gasteiger partial charge in [0.15, 0.2) is 0 Å². The average Bonchev–Trinajstić information content (AvgIpc) is 2.71. The standard InChI is InChI=1S/C15H23NO/c1-11(2)14-9-10-16(3)15(14)12-5-7-13(17-4)8-6-12/h5-8,11,14-15H,9-10H2,1-4H3. The van der Waals surface area contributed by atoms with Crippen molar-refractivity contribution in [2.24, 2.45) is 11.8 Å². The number of methoxy groups -OCH3 is 1. The Bertz CT molecular complexity index is 358. The molecule has 2 rings (SSSR count). The van der Waals surface area contributed by atoms with Crippen LogP contribution in [0.15, 0.2) is 24.3 Å². The zero-order valence-electron chi connectivity index (χ0n) is 11.3. The zero-order valence-corrected chi connectivity index (χ0v) is 11.3. The smallest absolute Gasteiger partial charge is 0.118 e. The lowest BCUT2D eigenvalue weighted by Gasteiger charge is -2.28. The normalized spacial score (nSPS) is 25.5. The lowest BCUT2D eigenvalue weighted by Crippen LogP contribution is -2.23. The summed E-state index contributed by atoms with van der Waals surface area (Å²) in [6.45, 7) is 5.88. The van der Waals surface area contributed by atoms with E-state index >= 15 is 0 Å². The average molecular weight is 233 g/mol. The molecule has 1 fully saturated rings. The Morgan fingerprint density at radius 2 is 1.88 bits per heavy atom. The minimum Gasteiger partial charge on any atom is -0.497 e. The molecule has 1 aliphatic heterocycles. The molecule has 2 unspecified atom stereocenters. The summed E-state index contributed by atoms with van der Waals surface area (Å²) in [5.41, 5.74) is 1.42. The third-order valence-corrected chi connectivity index (χ3v) is 4.01. The second-order valence-electron chi connectivity index (χ2n) is 5.40. The summed E-state index contributed by atoms with van der Waals surface area (Å²) in [4.78, 5) is 2.48. The number of nitrogens with zero attached hydrogens (tertiary/aromatic N) is 1. The fraction of sp³-hybridized carbons (Fsp3) is 0.600. The SMILES string of the molecule is COc1ccc(C2C(C(C)C)CCN2C)cc1. The van der Waals surface area contributed by atoms with Crippen LogP contribution in [0.4, 0.5) is 0 Å². The van der Waals surface area contributed by atoms with E-state index in [4.69, 9.17) is 4.74 Å². The fourth-order valence-corrected chi connectivity index (χ4v) is 2.98. The first-order valence-electron chi connectivity index (χ1n) is 6.47. The maximum atomic E-state index is 5.22. The molecule has 2 nitrogen and oxygen atoms in total. The van der Waals surface area contributed by atoms with Gasteiger partial charge in [-0.25, -0.2) is 0 Å². The van der Waals surface area contributed by atoms with E-state index in [1.807, 2.05) is 0 Å². The molecule has 0 bridgehead atoms. The van der Waals surface area contributed by atoms with E-state index in [-0.39, 0.29) is 0 Å². The van der Waals surface area contributed by atoms with Crippen LogP contribution < -0.4 is 4.74 Å². The van der Waals surface area contributed by atoms with E-state index in [2.05, 4.69) is 50.1 Å². The highest BCUT2D eigenvalue weighted by atomic mass is 16.5. The van der Waals surface area contributed by atoms with Gasteiger partial charge in [-0.15, -0.1) is 0 Å². The van der Waals surface area contributed by atoms with Gasteiger partial charge in [-0.1, -0.05) is 26.0 Å². The molecule has 1 heterocycles. The van der Waals surface area contributed by atoms with Gasteiger partial charge < -0.3 is 4.74 Å². The summed E-state index contributed by atoms with van der Waals surface area (Å²) in [6, 6.07) is 9.13. The van der Waals surface area contributed by atoms with Gasteiger partial charge in [0.2, 0.25) is 0 Å². The van der Waals surface area contributed by atoms with Crippen LogP contribution in [-0.4, -0.2) is 25.6 Å². The zero-order chi connectivity index (χ0) is 12.4. The quantitative estimate of drug-likeness (QED) is 0.794. The van der Waals surface area contributed by atoms with Crippen molar-refractivity contribution < 1.29 is 4.74 Å². The lowest BCUT2D eigenvalue weighted by molar-refractivity contribution is 0.240. The second-order valence-corrected chi connectivity index (χ2v) is 5.40. The molecular weight excluding hydrogens is 210 g/mol. The Morgan fingerprint density at radius 1 is 1.24 bits per heavy atom. The Labute approximate surface area is 105 Å². The Balaban J connectivity index is 2.23. The van der Waals surface area contributed by atoms with Crippen LogP contribution >= 0.6 is 0 Å². The van der Waals surface area contributed by atoms with Gasteiger partial charge >= 0.3 is 0 Å². The van der Waals surface area contributed by atoms with Crippen LogP contribution in [-0.2, 0) is 0 Å². The second kappa shape index (κ2) is 5.09. The van der Waals surface area contributed by atoms with E-state index < -0.39 is 0 Å². The number of ether oxygens (including phenoxy) is 1. The monoisotopic (exact) mass is 233 g/mol. The minimum atomic E-state index is 0.570. The van der Waals surface area contributed by atoms with Crippen LogP contribution in [0.25, 0.3) is 0 Å². The molecule has 94 valence electrons. The van der Waals surface area contributed by atoms with Crippen molar-refractivity contribution in [2.75, 3.05) is 20.7 Å². The first kappa shape index (κ1) is 12.4. The number of hydrogen-bond acceptors (Lipinski definition) is 2. The first-order chi connectivity index (χ1) is 8.13. The number of rotatable bonds is 3. The third kappa shape index (κ3) is 2.47. The molecule has 0 radical (unpaired) electrons. The third-order valence-electron chi connectivity index (χ3n) is 4.01. The van der Waals surface area contributed by atoms with Crippen molar-refractivity contribution in [3.8, 4) is 5.75 Å². The molecule has 1 aromatic rings. The Kier molecular flexibility index (Phi) is 3.72. The van der Waals surface area contributed by atoms with Crippen molar-refractivity contribution >= 4 is 0 Å². The highest BCUT2D eigenvalue weighted by molar-refractivity contribution is 5.30. The van der Waals surface area contributed by atoms with E-state index in [1.54, 1.807) is 7.11 Å². The summed E-state index contributed by atoms with van der Waals surface area (Å²) in [5.74, 6) is 2.45. The Hall–Kier alpha value is -1.02. The van der Waals surface area contributed by atoms with E-state index in [0.717, 1.165) is 17.6 Å². The first-order valence-corrected chi connectivity index (χ1v) is 6.47. The van der Waals surface area contributed by atoms with Crippen LogP contribution in [0.5, 0.6) is 5.75 Å². The summed E-state index contributed by atoms with van der Waals surface area (Å²) >= 11 is 0. The molecule has 2 atom stereocenters. The van der Waals surface area contributed by atoms with Crippen LogP contribution in [0.2, 0.25) is 0 Å². The molecule has 0 aliphatic carbocycles. The minimum absolute atomic E-state index is 0.570. The summed E-state index contributed by atoms with van der Waals surface area (Å²) in [5, 5.41) is 0. The van der Waals surface area contributed by atoms with Crippen molar-refractivity contribution in [1.82, 2.24) is 4.90 Å². The predicted octanol–water partition coefficient (Wildman–Crippen LogP) is 3.34. The van der Waals surface area contributed by atoms with Gasteiger partial charge in [0.1, 0.15) is 5.75 Å². The lowest BCUT2D eigenvalue weighted by atomic mass is 9.85. The molecule has 1 aliphatic rings. The predicted molar refractivity (Wildman–Crippen MR) is 71.3 cm³/mol. The summed E-state index contributed by atoms with van der Waals surface area (Å²) < 4.78 is 5.22. The highest BCUT2D eigenvalue weighted by Crippen LogP contribution is 2.40. The van der Waals surface area contributed by atoms with Gasteiger partial charge in [-0.2, -0.15) is 0 Å². The molecule has 0 saturated carbocycles. The molecule has 1 aromatic carbocycles. The van der Waals surface area contributed by atoms with Crippen molar-refractivity contribution in [1.29, 1.82) is 0 Å². The van der Waals surface area contributed by atoms with Crippen molar-refractivity contribution in [3.05, 3.63) is 29.8 Å². The number of likely N-dealkylation sites (tertiary alicyclic amines) is 1. The number of hydrogen-bond donors (Lipinski definition) is 0. The van der Waals surface area contributed by atoms with E-state index in [0.29, 0.717) is 6.04 Å². The molecule has 0 aromatic heterocycles. The summed E-state index contributed by atoms with van der Waals surface area (Å²) in [7, 11) is 3.95. The Morgan fingerprint density at radius 3 is 2.41 bits per heavy atom. The summed E-state index contributed by atoms with van der Waals surface area (Å²) in [6.07, 6.45) is 1.31. The fourth-order valence-electron chi connectivity index (χ4n) is 2.98. The molecular formula is C15H23NO. The molecule has 0 amide bonds. The van der Waals surface area contributed by atoms with Gasteiger partial charge in [0.05, 0.1) is 7.11 Å². The molecule has 0 spiro atoms. The maximum absolute atomic E-state index is 5.22. The van der Waals surface area contributed by atoms with E-state index in [1.165, 1.54) is 18.5 Å². The molecule has 0 N–H and O–H groups in total. The van der Waals surface area contributed by atoms with Crippen LogP contribution in [0, 0.1) is 11.8 Å². The van der Waals surface area contributed by atoms with E-state index in [9.17, 15) is 0 Å². The highest BCUT2D eigenvalue weighted by Gasteiger charge is 2.34. The van der Waals surface area contributed by atoms with Crippen molar-refractivity contribution in [3.63, 3.8) is 0 Å². The van der Waals surface area contributed by atoms with Gasteiger partial charge in [-0.05, 0) is 49.5 Å². The largest absolute Gasteiger partial charge is 0.497 e. The van der Waals surface area contributed by atoms with Gasteiger partial charge in [-0.3, -0.25) is 4.90 Å². The topological polar surface area (TPSA) is 12.5 Å². The molecule has 1 saturated heterocycles. The van der Waals surface area contributed by atoms with Gasteiger partial charge in [0.25, 0.3) is 0 Å². The molecule has 2 heteroatoms.